The molecular formula is C24H38N4O4. The van der Waals surface area contributed by atoms with Crippen LogP contribution in [-0.2, 0) is 20.7 Å². The average Bonchev–Trinajstić information content (AvgIpc) is 3.10. The van der Waals surface area contributed by atoms with E-state index >= 15 is 0 Å². The summed E-state index contributed by atoms with van der Waals surface area (Å²) >= 11 is 0. The molecular weight excluding hydrogens is 408 g/mol. The number of amides is 2. The smallest absolute Gasteiger partial charge is 0.355 e. The highest BCUT2D eigenvalue weighted by Gasteiger charge is 2.32. The predicted octanol–water partition coefficient (Wildman–Crippen LogP) is 2.14. The van der Waals surface area contributed by atoms with E-state index in [1.54, 1.807) is 6.92 Å². The molecule has 1 atom stereocenters. The first-order valence-corrected chi connectivity index (χ1v) is 12.0. The number of rotatable bonds is 7. The van der Waals surface area contributed by atoms with Crippen molar-refractivity contribution < 1.29 is 19.1 Å². The van der Waals surface area contributed by atoms with Crippen LogP contribution in [0.1, 0.15) is 60.4 Å². The number of aromatic amines is 1. The highest BCUT2D eigenvalue weighted by Crippen LogP contribution is 2.23. The topological polar surface area (TPSA) is 85.9 Å². The van der Waals surface area contributed by atoms with Crippen molar-refractivity contribution in [2.45, 2.75) is 53.4 Å². The number of likely N-dealkylation sites (tertiary alicyclic amines) is 1. The van der Waals surface area contributed by atoms with Crippen molar-refractivity contribution in [2.24, 2.45) is 5.92 Å². The van der Waals surface area contributed by atoms with Crippen LogP contribution in [-0.4, -0.2) is 89.9 Å². The van der Waals surface area contributed by atoms with E-state index in [0.29, 0.717) is 38.2 Å². The van der Waals surface area contributed by atoms with Crippen molar-refractivity contribution in [3.63, 3.8) is 0 Å². The van der Waals surface area contributed by atoms with Gasteiger partial charge in [-0.2, -0.15) is 0 Å². The largest absolute Gasteiger partial charge is 0.461 e. The lowest BCUT2D eigenvalue weighted by molar-refractivity contribution is -0.142. The van der Waals surface area contributed by atoms with Crippen LogP contribution in [0.15, 0.2) is 0 Å². The molecule has 0 bridgehead atoms. The van der Waals surface area contributed by atoms with Gasteiger partial charge in [-0.25, -0.2) is 4.79 Å². The molecule has 0 radical (unpaired) electrons. The van der Waals surface area contributed by atoms with Crippen molar-refractivity contribution >= 4 is 17.8 Å². The summed E-state index contributed by atoms with van der Waals surface area (Å²) in [5, 5.41) is 0. The minimum atomic E-state index is -0.358. The van der Waals surface area contributed by atoms with E-state index in [2.05, 4.69) is 16.8 Å². The first-order chi connectivity index (χ1) is 15.3. The Balaban J connectivity index is 1.55. The zero-order chi connectivity index (χ0) is 23.3. The summed E-state index contributed by atoms with van der Waals surface area (Å²) in [6.45, 7) is 13.8. The van der Waals surface area contributed by atoms with E-state index < -0.39 is 0 Å². The number of hydrogen-bond acceptors (Lipinski definition) is 5. The van der Waals surface area contributed by atoms with E-state index in [1.807, 2.05) is 23.6 Å². The first-order valence-electron chi connectivity index (χ1n) is 12.0. The van der Waals surface area contributed by atoms with Crippen molar-refractivity contribution in [3.05, 3.63) is 22.5 Å². The number of hydrogen-bond donors (Lipinski definition) is 1. The Morgan fingerprint density at radius 2 is 1.75 bits per heavy atom. The molecule has 2 amide bonds. The van der Waals surface area contributed by atoms with Gasteiger partial charge in [-0.15, -0.1) is 0 Å². The normalized spacial score (nSPS) is 19.8. The minimum Gasteiger partial charge on any atom is -0.461 e. The second-order valence-electron chi connectivity index (χ2n) is 8.89. The number of carbonyl (C=O) groups excluding carboxylic acids is 3. The fraction of sp³-hybridized carbons (Fsp3) is 0.708. The van der Waals surface area contributed by atoms with Crippen molar-refractivity contribution in [3.8, 4) is 0 Å². The molecule has 32 heavy (non-hydrogen) atoms. The van der Waals surface area contributed by atoms with Crippen molar-refractivity contribution in [1.82, 2.24) is 19.7 Å². The molecule has 2 saturated heterocycles. The van der Waals surface area contributed by atoms with Gasteiger partial charge in [-0.3, -0.25) is 9.59 Å². The standard InChI is InChI=1S/C24H38N4O4/c1-5-26-12-14-27(15-13-26)23(30)19-8-7-11-28(16-19)21(29)10-9-20-17(3)22(25-18(20)4)24(31)32-6-2/h19,25H,5-16H2,1-4H3. The molecule has 1 unspecified atom stereocenters. The number of piperidine rings is 1. The first kappa shape index (κ1) is 24.3. The van der Waals surface area contributed by atoms with Crippen LogP contribution in [0, 0.1) is 19.8 Å². The van der Waals surface area contributed by atoms with Gasteiger partial charge in [0.15, 0.2) is 0 Å². The minimum absolute atomic E-state index is 0.0796. The number of aromatic nitrogens is 1. The van der Waals surface area contributed by atoms with Gasteiger partial charge in [-0.1, -0.05) is 6.92 Å². The Hall–Kier alpha value is -2.35. The summed E-state index contributed by atoms with van der Waals surface area (Å²) in [6, 6.07) is 0. The van der Waals surface area contributed by atoms with Crippen molar-refractivity contribution in [2.75, 3.05) is 52.4 Å². The second kappa shape index (κ2) is 11.0. The Bertz CT molecular complexity index is 826. The number of aryl methyl sites for hydroxylation is 1. The molecule has 1 aromatic heterocycles. The van der Waals surface area contributed by atoms with Crippen LogP contribution < -0.4 is 0 Å². The van der Waals surface area contributed by atoms with Crippen LogP contribution in [0.2, 0.25) is 0 Å². The molecule has 0 aromatic carbocycles. The summed E-state index contributed by atoms with van der Waals surface area (Å²) in [5.74, 6) is -0.166. The molecule has 8 nitrogen and oxygen atoms in total. The van der Waals surface area contributed by atoms with Gasteiger partial charge in [-0.05, 0) is 57.7 Å². The molecule has 8 heteroatoms. The van der Waals surface area contributed by atoms with Gasteiger partial charge in [0.1, 0.15) is 5.69 Å². The van der Waals surface area contributed by atoms with E-state index in [0.717, 1.165) is 62.4 Å². The molecule has 0 spiro atoms. The summed E-state index contributed by atoms with van der Waals surface area (Å²) in [4.78, 5) is 47.4. The summed E-state index contributed by atoms with van der Waals surface area (Å²) in [6.07, 6.45) is 2.67. The van der Waals surface area contributed by atoms with Gasteiger partial charge >= 0.3 is 5.97 Å². The van der Waals surface area contributed by atoms with E-state index in [1.165, 1.54) is 0 Å². The molecule has 2 fully saturated rings. The number of nitrogens with zero attached hydrogens (tertiary/aromatic N) is 3. The van der Waals surface area contributed by atoms with Gasteiger partial charge in [0.05, 0.1) is 12.5 Å². The summed E-state index contributed by atoms with van der Waals surface area (Å²) < 4.78 is 5.11. The lowest BCUT2D eigenvalue weighted by atomic mass is 9.95. The van der Waals surface area contributed by atoms with Crippen LogP contribution in [0.3, 0.4) is 0 Å². The Labute approximate surface area is 191 Å². The monoisotopic (exact) mass is 446 g/mol. The number of nitrogens with one attached hydrogen (secondary N) is 1. The number of H-pyrrole nitrogens is 1. The van der Waals surface area contributed by atoms with Crippen molar-refractivity contribution in [1.29, 1.82) is 0 Å². The molecule has 1 N–H and O–H groups in total. The maximum Gasteiger partial charge on any atom is 0.355 e. The number of esters is 1. The molecule has 2 aliphatic heterocycles. The van der Waals surface area contributed by atoms with E-state index in [4.69, 9.17) is 4.74 Å². The predicted molar refractivity (Wildman–Crippen MR) is 123 cm³/mol. The third kappa shape index (κ3) is 5.52. The lowest BCUT2D eigenvalue weighted by Gasteiger charge is -2.38. The van der Waals surface area contributed by atoms with Crippen LogP contribution in [0.4, 0.5) is 0 Å². The average molecular weight is 447 g/mol. The fourth-order valence-electron chi connectivity index (χ4n) is 4.91. The van der Waals surface area contributed by atoms with Gasteiger partial charge in [0, 0.05) is 51.4 Å². The molecule has 2 aliphatic rings. The number of likely N-dealkylation sites (N-methyl/N-ethyl adjacent to an activating group) is 1. The molecule has 0 saturated carbocycles. The zero-order valence-corrected chi connectivity index (χ0v) is 20.0. The molecule has 3 rings (SSSR count). The summed E-state index contributed by atoms with van der Waals surface area (Å²) in [7, 11) is 0. The fourth-order valence-corrected chi connectivity index (χ4v) is 4.91. The second-order valence-corrected chi connectivity index (χ2v) is 8.89. The van der Waals surface area contributed by atoms with E-state index in [-0.39, 0.29) is 23.7 Å². The Morgan fingerprint density at radius 1 is 1.03 bits per heavy atom. The number of piperazine rings is 1. The van der Waals surface area contributed by atoms with E-state index in [9.17, 15) is 14.4 Å². The van der Waals surface area contributed by atoms with Crippen LogP contribution >= 0.6 is 0 Å². The lowest BCUT2D eigenvalue weighted by Crippen LogP contribution is -2.52. The highest BCUT2D eigenvalue weighted by atomic mass is 16.5. The number of carbonyl (C=O) groups is 3. The molecule has 0 aliphatic carbocycles. The maximum absolute atomic E-state index is 13.0. The number of ether oxygens (including phenoxy) is 1. The Kier molecular flexibility index (Phi) is 8.34. The molecule has 178 valence electrons. The molecule has 1 aromatic rings. The Morgan fingerprint density at radius 3 is 2.41 bits per heavy atom. The third-order valence-corrected chi connectivity index (χ3v) is 6.92. The molecule has 3 heterocycles. The highest BCUT2D eigenvalue weighted by molar-refractivity contribution is 5.90. The zero-order valence-electron chi connectivity index (χ0n) is 20.0. The SMILES string of the molecule is CCOC(=O)c1[nH]c(C)c(CCC(=O)N2CCCC(C(=O)N3CCN(CC)CC3)C2)c1C. The maximum atomic E-state index is 13.0. The van der Waals surface area contributed by atoms with Crippen LogP contribution in [0.25, 0.3) is 0 Å². The van der Waals surface area contributed by atoms with Crippen LogP contribution in [0.5, 0.6) is 0 Å². The van der Waals surface area contributed by atoms with Gasteiger partial charge in [0.25, 0.3) is 0 Å². The summed E-state index contributed by atoms with van der Waals surface area (Å²) in [5.41, 5.74) is 3.22. The quantitative estimate of drug-likeness (QED) is 0.649. The van der Waals surface area contributed by atoms with Gasteiger partial charge < -0.3 is 24.4 Å². The third-order valence-electron chi connectivity index (χ3n) is 6.92. The van der Waals surface area contributed by atoms with Gasteiger partial charge in [0.2, 0.25) is 11.8 Å².